The van der Waals surface area contributed by atoms with Crippen molar-refractivity contribution in [1.29, 1.82) is 10.5 Å². The van der Waals surface area contributed by atoms with Gasteiger partial charge in [-0.1, -0.05) is 72.8 Å². The van der Waals surface area contributed by atoms with E-state index in [-0.39, 0.29) is 0 Å². The minimum absolute atomic E-state index is 0.629. The average molecular weight is 729 g/mol. The zero-order chi connectivity index (χ0) is 38.4. The first-order valence-electron chi connectivity index (χ1n) is 19.0. The average Bonchev–Trinajstić information content (AvgIpc) is 3.90. The molecule has 5 nitrogen and oxygen atoms in total. The molecule has 3 heterocycles. The van der Waals surface area contributed by atoms with Crippen molar-refractivity contribution in [2.24, 2.45) is 0 Å². The van der Waals surface area contributed by atoms with Gasteiger partial charge in [0.1, 0.15) is 11.2 Å². The molecule has 57 heavy (non-hydrogen) atoms. The third kappa shape index (κ3) is 4.87. The van der Waals surface area contributed by atoms with Gasteiger partial charge in [-0.2, -0.15) is 10.5 Å². The lowest BCUT2D eigenvalue weighted by Gasteiger charge is -2.16. The van der Waals surface area contributed by atoms with Gasteiger partial charge in [0.15, 0.2) is 0 Å². The van der Waals surface area contributed by atoms with Gasteiger partial charge < -0.3 is 13.6 Å². The van der Waals surface area contributed by atoms with Crippen LogP contribution in [-0.4, -0.2) is 9.13 Å². The molecule has 0 unspecified atom stereocenters. The number of hydrogen-bond acceptors (Lipinski definition) is 3. The molecule has 0 radical (unpaired) electrons. The van der Waals surface area contributed by atoms with Crippen molar-refractivity contribution in [2.75, 3.05) is 0 Å². The molecule has 11 aromatic rings. The minimum Gasteiger partial charge on any atom is -0.455 e. The zero-order valence-electron chi connectivity index (χ0n) is 31.2. The fourth-order valence-electron chi connectivity index (χ4n) is 9.01. The summed E-state index contributed by atoms with van der Waals surface area (Å²) >= 11 is 0. The van der Waals surface area contributed by atoms with Gasteiger partial charge in [0.05, 0.1) is 45.3 Å². The zero-order valence-corrected chi connectivity index (χ0v) is 31.2. The number of furan rings is 1. The number of aromatic nitrogens is 2. The van der Waals surface area contributed by atoms with Crippen molar-refractivity contribution in [1.82, 2.24) is 9.13 Å². The maximum absolute atomic E-state index is 9.91. The molecule has 0 bridgehead atoms. The quantitative estimate of drug-likeness (QED) is 0.181. The van der Waals surface area contributed by atoms with Gasteiger partial charge >= 0.3 is 0 Å². The van der Waals surface area contributed by atoms with Gasteiger partial charge in [-0.15, -0.1) is 0 Å². The first kappa shape index (κ1) is 32.6. The van der Waals surface area contributed by atoms with Crippen molar-refractivity contribution in [3.63, 3.8) is 0 Å². The Morgan fingerprint density at radius 3 is 1.58 bits per heavy atom. The summed E-state index contributed by atoms with van der Waals surface area (Å²) in [4.78, 5) is 0. The van der Waals surface area contributed by atoms with Gasteiger partial charge in [0.2, 0.25) is 0 Å². The number of rotatable bonds is 4. The van der Waals surface area contributed by atoms with Gasteiger partial charge in [-0.25, -0.2) is 0 Å². The van der Waals surface area contributed by atoms with Crippen LogP contribution in [0.3, 0.4) is 0 Å². The maximum Gasteiger partial charge on any atom is 0.143 e. The fourth-order valence-corrected chi connectivity index (χ4v) is 9.01. The molecule has 0 atom stereocenters. The van der Waals surface area contributed by atoms with E-state index in [4.69, 9.17) is 4.42 Å². The van der Waals surface area contributed by atoms with Crippen LogP contribution in [0.5, 0.6) is 0 Å². The van der Waals surface area contributed by atoms with Gasteiger partial charge in [0.25, 0.3) is 0 Å². The van der Waals surface area contributed by atoms with E-state index in [0.29, 0.717) is 11.1 Å². The smallest absolute Gasteiger partial charge is 0.143 e. The molecule has 3 aromatic heterocycles. The summed E-state index contributed by atoms with van der Waals surface area (Å²) in [5.74, 6) is 0. The Balaban J connectivity index is 1.02. The fraction of sp³-hybridized carbons (Fsp3) is 0.0385. The molecule has 0 saturated carbocycles. The Labute approximate surface area is 328 Å². The highest BCUT2D eigenvalue weighted by Crippen LogP contribution is 2.41. The Kier molecular flexibility index (Phi) is 7.04. The number of nitrogens with zero attached hydrogens (tertiary/aromatic N) is 4. The summed E-state index contributed by atoms with van der Waals surface area (Å²) in [6.45, 7) is 4.36. The van der Waals surface area contributed by atoms with E-state index in [1.54, 1.807) is 0 Å². The molecule has 0 amide bonds. The molecule has 5 heteroatoms. The Morgan fingerprint density at radius 1 is 0.421 bits per heavy atom. The summed E-state index contributed by atoms with van der Waals surface area (Å²) in [5.41, 5.74) is 16.3. The summed E-state index contributed by atoms with van der Waals surface area (Å²) < 4.78 is 11.0. The minimum atomic E-state index is 0.629. The number of nitriles is 2. The van der Waals surface area contributed by atoms with Gasteiger partial charge in [0, 0.05) is 49.3 Å². The van der Waals surface area contributed by atoms with Crippen LogP contribution in [0.25, 0.3) is 99.2 Å². The first-order chi connectivity index (χ1) is 28.0. The van der Waals surface area contributed by atoms with Crippen molar-refractivity contribution < 1.29 is 4.42 Å². The number of para-hydroxylation sites is 3. The molecule has 8 aromatic carbocycles. The lowest BCUT2D eigenvalue weighted by atomic mass is 9.95. The van der Waals surface area contributed by atoms with Crippen LogP contribution in [0, 0.1) is 36.5 Å². The second-order valence-electron chi connectivity index (χ2n) is 14.9. The van der Waals surface area contributed by atoms with E-state index >= 15 is 0 Å². The second-order valence-corrected chi connectivity index (χ2v) is 14.9. The van der Waals surface area contributed by atoms with E-state index in [0.717, 1.165) is 88.1 Å². The molecule has 0 spiro atoms. The lowest BCUT2D eigenvalue weighted by molar-refractivity contribution is 0.670. The molecule has 0 aliphatic heterocycles. The Bertz CT molecular complexity index is 3580. The molecule has 0 fully saturated rings. The van der Waals surface area contributed by atoms with E-state index in [1.165, 1.54) is 22.3 Å². The second kappa shape index (κ2) is 12.3. The Hall–Kier alpha value is -7.86. The highest BCUT2D eigenvalue weighted by atomic mass is 16.3. The Morgan fingerprint density at radius 2 is 0.947 bits per heavy atom. The predicted molar refractivity (Wildman–Crippen MR) is 232 cm³/mol. The molecule has 266 valence electrons. The molecule has 0 saturated heterocycles. The largest absolute Gasteiger partial charge is 0.455 e. The number of fused-ring (bicyclic) bond motifs is 9. The molecular weight excluding hydrogens is 697 g/mol. The third-order valence-electron chi connectivity index (χ3n) is 11.6. The predicted octanol–water partition coefficient (Wildman–Crippen LogP) is 13.5. The van der Waals surface area contributed by atoms with Gasteiger partial charge in [-0.3, -0.25) is 0 Å². The van der Waals surface area contributed by atoms with Crippen LogP contribution < -0.4 is 0 Å². The topological polar surface area (TPSA) is 70.6 Å². The summed E-state index contributed by atoms with van der Waals surface area (Å²) in [6, 6.07) is 59.5. The van der Waals surface area contributed by atoms with Crippen molar-refractivity contribution in [2.45, 2.75) is 13.8 Å². The first-order valence-corrected chi connectivity index (χ1v) is 19.0. The van der Waals surface area contributed by atoms with Crippen LogP contribution >= 0.6 is 0 Å². The summed E-state index contributed by atoms with van der Waals surface area (Å²) in [7, 11) is 0. The monoisotopic (exact) mass is 728 g/mol. The SMILES string of the molecule is Cc1cc(-n2c3ccccc3c3cc(C#N)ccc32)ccc1-c1ccc(-n2c3ccc(C#N)cc3c3cc(-c4cccc5c4oc4ccccc45)ccc32)cc1C. The maximum atomic E-state index is 9.91. The van der Waals surface area contributed by atoms with Crippen molar-refractivity contribution >= 4 is 65.6 Å². The molecule has 0 aliphatic rings. The summed E-state index contributed by atoms with van der Waals surface area (Å²) in [6.07, 6.45) is 0. The number of aryl methyl sites for hydroxylation is 2. The normalized spacial score (nSPS) is 11.6. The molecular formula is C52H32N4O. The summed E-state index contributed by atoms with van der Waals surface area (Å²) in [5, 5.41) is 26.0. The third-order valence-corrected chi connectivity index (χ3v) is 11.6. The van der Waals surface area contributed by atoms with E-state index in [2.05, 4.69) is 150 Å². The van der Waals surface area contributed by atoms with Crippen LogP contribution in [0.4, 0.5) is 0 Å². The molecule has 0 N–H and O–H groups in total. The van der Waals surface area contributed by atoms with Crippen molar-refractivity contribution in [3.05, 3.63) is 180 Å². The van der Waals surface area contributed by atoms with Crippen LogP contribution in [-0.2, 0) is 0 Å². The molecule has 11 rings (SSSR count). The van der Waals surface area contributed by atoms with E-state index in [9.17, 15) is 10.5 Å². The highest BCUT2D eigenvalue weighted by molar-refractivity contribution is 6.14. The van der Waals surface area contributed by atoms with Crippen LogP contribution in [0.2, 0.25) is 0 Å². The standard InChI is InChI=1S/C52H32N4O/c1-31-24-36(55-47-12-5-3-8-41(47)44-26-33(29-53)14-21-48(44)55)17-19-38(31)39-20-18-37(25-32(39)2)56-49-22-15-34(30-54)27-45(49)46-28-35(16-23-50(46)56)40-10-7-11-43-42-9-4-6-13-51(42)57-52(40)43/h3-28H,1-2H3. The van der Waals surface area contributed by atoms with Crippen LogP contribution in [0.15, 0.2) is 162 Å². The highest BCUT2D eigenvalue weighted by Gasteiger charge is 2.19. The van der Waals surface area contributed by atoms with Gasteiger partial charge in [-0.05, 0) is 127 Å². The number of benzene rings is 8. The van der Waals surface area contributed by atoms with Crippen LogP contribution in [0.1, 0.15) is 22.3 Å². The number of hydrogen-bond donors (Lipinski definition) is 0. The molecule has 0 aliphatic carbocycles. The lowest BCUT2D eigenvalue weighted by Crippen LogP contribution is -1.98. The van der Waals surface area contributed by atoms with E-state index in [1.807, 2.05) is 42.5 Å². The van der Waals surface area contributed by atoms with E-state index < -0.39 is 0 Å². The van der Waals surface area contributed by atoms with Crippen molar-refractivity contribution in [3.8, 4) is 45.8 Å².